The second kappa shape index (κ2) is 3.99. The van der Waals surface area contributed by atoms with Crippen molar-refractivity contribution in [2.45, 2.75) is 19.4 Å². The van der Waals surface area contributed by atoms with Crippen LogP contribution in [0.4, 0.5) is 0 Å². The highest BCUT2D eigenvalue weighted by molar-refractivity contribution is 5.76. The molecule has 0 saturated carbocycles. The standard InChI is InChI=1S/C15H16N2/c1-10(17-16)11-6-7-15-13(8-11)9-12-4-2-3-5-14(12)15/h2-8,10,17H,9,16H2,1H3/t10-/m1/s1. The smallest absolute Gasteiger partial charge is 0.0431 e. The Morgan fingerprint density at radius 3 is 2.65 bits per heavy atom. The second-order valence-electron chi connectivity index (χ2n) is 4.64. The highest BCUT2D eigenvalue weighted by Gasteiger charge is 2.18. The van der Waals surface area contributed by atoms with Crippen molar-refractivity contribution < 1.29 is 0 Å². The van der Waals surface area contributed by atoms with Crippen molar-refractivity contribution in [1.29, 1.82) is 0 Å². The Hall–Kier alpha value is -1.64. The molecule has 0 saturated heterocycles. The van der Waals surface area contributed by atoms with E-state index in [0.29, 0.717) is 0 Å². The lowest BCUT2D eigenvalue weighted by Gasteiger charge is -2.11. The fourth-order valence-electron chi connectivity index (χ4n) is 2.53. The van der Waals surface area contributed by atoms with E-state index >= 15 is 0 Å². The monoisotopic (exact) mass is 224 g/mol. The Morgan fingerprint density at radius 1 is 1.06 bits per heavy atom. The molecule has 1 aliphatic carbocycles. The number of hydrazine groups is 1. The molecular formula is C15H16N2. The van der Waals surface area contributed by atoms with Gasteiger partial charge in [0.05, 0.1) is 0 Å². The fourth-order valence-corrected chi connectivity index (χ4v) is 2.53. The van der Waals surface area contributed by atoms with Crippen LogP contribution in [0.15, 0.2) is 42.5 Å². The third-order valence-electron chi connectivity index (χ3n) is 3.57. The predicted octanol–water partition coefficient (Wildman–Crippen LogP) is 2.78. The molecule has 1 aliphatic rings. The normalized spacial score (nSPS) is 14.2. The highest BCUT2D eigenvalue weighted by atomic mass is 15.2. The van der Waals surface area contributed by atoms with Gasteiger partial charge in [-0.2, -0.15) is 0 Å². The first-order valence-corrected chi connectivity index (χ1v) is 5.97. The molecule has 2 nitrogen and oxygen atoms in total. The van der Waals surface area contributed by atoms with Crippen molar-refractivity contribution in [3.63, 3.8) is 0 Å². The maximum atomic E-state index is 5.48. The van der Waals surface area contributed by atoms with Crippen molar-refractivity contribution in [1.82, 2.24) is 5.43 Å². The van der Waals surface area contributed by atoms with E-state index in [1.165, 1.54) is 27.8 Å². The van der Waals surface area contributed by atoms with Gasteiger partial charge in [-0.15, -0.1) is 0 Å². The molecule has 0 bridgehead atoms. The number of nitrogens with two attached hydrogens (primary N) is 1. The van der Waals surface area contributed by atoms with Gasteiger partial charge in [-0.25, -0.2) is 0 Å². The first kappa shape index (κ1) is 10.5. The molecule has 0 heterocycles. The lowest BCUT2D eigenvalue weighted by molar-refractivity contribution is 0.602. The Kier molecular flexibility index (Phi) is 2.46. The highest BCUT2D eigenvalue weighted by Crippen LogP contribution is 2.37. The molecule has 0 unspecified atom stereocenters. The van der Waals surface area contributed by atoms with Gasteiger partial charge in [-0.1, -0.05) is 42.5 Å². The lowest BCUT2D eigenvalue weighted by atomic mass is 10.0. The summed E-state index contributed by atoms with van der Waals surface area (Å²) in [6, 6.07) is 15.5. The van der Waals surface area contributed by atoms with Crippen molar-refractivity contribution >= 4 is 0 Å². The van der Waals surface area contributed by atoms with Crippen LogP contribution in [0.2, 0.25) is 0 Å². The van der Waals surface area contributed by atoms with E-state index in [1.807, 2.05) is 0 Å². The summed E-state index contributed by atoms with van der Waals surface area (Å²) in [5.41, 5.74) is 9.62. The van der Waals surface area contributed by atoms with Crippen molar-refractivity contribution in [3.8, 4) is 11.1 Å². The number of fused-ring (bicyclic) bond motifs is 3. The van der Waals surface area contributed by atoms with Gasteiger partial charge in [0.25, 0.3) is 0 Å². The molecule has 0 spiro atoms. The van der Waals surface area contributed by atoms with Gasteiger partial charge in [0.2, 0.25) is 0 Å². The van der Waals surface area contributed by atoms with Crippen LogP contribution in [0.25, 0.3) is 11.1 Å². The molecule has 0 amide bonds. The number of hydrogen-bond acceptors (Lipinski definition) is 2. The molecule has 17 heavy (non-hydrogen) atoms. The zero-order chi connectivity index (χ0) is 11.8. The maximum Gasteiger partial charge on any atom is 0.0431 e. The van der Waals surface area contributed by atoms with Crippen LogP contribution in [0.3, 0.4) is 0 Å². The number of benzene rings is 2. The molecular weight excluding hydrogens is 208 g/mol. The Balaban J connectivity index is 2.07. The van der Waals surface area contributed by atoms with Crippen LogP contribution >= 0.6 is 0 Å². The Labute approximate surface area is 101 Å². The van der Waals surface area contributed by atoms with E-state index in [1.54, 1.807) is 0 Å². The summed E-state index contributed by atoms with van der Waals surface area (Å²) in [5.74, 6) is 5.48. The van der Waals surface area contributed by atoms with Crippen LogP contribution in [-0.2, 0) is 6.42 Å². The van der Waals surface area contributed by atoms with E-state index in [4.69, 9.17) is 5.84 Å². The molecule has 1 atom stereocenters. The van der Waals surface area contributed by atoms with Crippen LogP contribution in [0.1, 0.15) is 29.7 Å². The van der Waals surface area contributed by atoms with Gasteiger partial charge < -0.3 is 0 Å². The van der Waals surface area contributed by atoms with Gasteiger partial charge in [-0.05, 0) is 41.2 Å². The first-order chi connectivity index (χ1) is 8.29. The maximum absolute atomic E-state index is 5.48. The summed E-state index contributed by atoms with van der Waals surface area (Å²) in [6.45, 7) is 2.07. The van der Waals surface area contributed by atoms with Crippen LogP contribution in [-0.4, -0.2) is 0 Å². The van der Waals surface area contributed by atoms with Crippen molar-refractivity contribution in [2.24, 2.45) is 5.84 Å². The molecule has 2 aromatic carbocycles. The Bertz CT molecular complexity index is 561. The van der Waals surface area contributed by atoms with E-state index in [0.717, 1.165) is 6.42 Å². The molecule has 0 aliphatic heterocycles. The van der Waals surface area contributed by atoms with E-state index < -0.39 is 0 Å². The first-order valence-electron chi connectivity index (χ1n) is 5.97. The van der Waals surface area contributed by atoms with Gasteiger partial charge in [0.1, 0.15) is 0 Å². The predicted molar refractivity (Wildman–Crippen MR) is 70.4 cm³/mol. The van der Waals surface area contributed by atoms with Crippen molar-refractivity contribution in [2.75, 3.05) is 0 Å². The van der Waals surface area contributed by atoms with E-state index in [9.17, 15) is 0 Å². The van der Waals surface area contributed by atoms with E-state index in [2.05, 4.69) is 54.8 Å². The average molecular weight is 224 g/mol. The minimum atomic E-state index is 0.198. The minimum absolute atomic E-state index is 0.198. The van der Waals surface area contributed by atoms with E-state index in [-0.39, 0.29) is 6.04 Å². The largest absolute Gasteiger partial charge is 0.271 e. The Morgan fingerprint density at radius 2 is 1.82 bits per heavy atom. The summed E-state index contributed by atoms with van der Waals surface area (Å²) in [5, 5.41) is 0. The minimum Gasteiger partial charge on any atom is -0.271 e. The second-order valence-corrected chi connectivity index (χ2v) is 4.64. The molecule has 2 heteroatoms. The SMILES string of the molecule is C[C@@H](NN)c1ccc2c(c1)Cc1ccccc1-2. The third-order valence-corrected chi connectivity index (χ3v) is 3.57. The molecule has 0 fully saturated rings. The van der Waals surface area contributed by atoms with Crippen LogP contribution < -0.4 is 11.3 Å². The summed E-state index contributed by atoms with van der Waals surface area (Å²) in [6.07, 6.45) is 1.04. The van der Waals surface area contributed by atoms with Gasteiger partial charge in [-0.3, -0.25) is 11.3 Å². The molecule has 3 rings (SSSR count). The summed E-state index contributed by atoms with van der Waals surface area (Å²) < 4.78 is 0. The zero-order valence-corrected chi connectivity index (χ0v) is 9.90. The topological polar surface area (TPSA) is 38.0 Å². The summed E-state index contributed by atoms with van der Waals surface area (Å²) in [7, 11) is 0. The van der Waals surface area contributed by atoms with Gasteiger partial charge in [0.15, 0.2) is 0 Å². The molecule has 0 radical (unpaired) electrons. The zero-order valence-electron chi connectivity index (χ0n) is 9.90. The molecule has 86 valence electrons. The van der Waals surface area contributed by atoms with Crippen LogP contribution in [0.5, 0.6) is 0 Å². The number of rotatable bonds is 2. The molecule has 2 aromatic rings. The third kappa shape index (κ3) is 1.66. The van der Waals surface area contributed by atoms with Crippen molar-refractivity contribution in [3.05, 3.63) is 59.2 Å². The van der Waals surface area contributed by atoms with Gasteiger partial charge >= 0.3 is 0 Å². The fraction of sp³-hybridized carbons (Fsp3) is 0.200. The van der Waals surface area contributed by atoms with Gasteiger partial charge in [0, 0.05) is 6.04 Å². The number of hydrogen-bond donors (Lipinski definition) is 2. The molecule has 3 N–H and O–H groups in total. The molecule has 0 aromatic heterocycles. The van der Waals surface area contributed by atoms with Crippen LogP contribution in [0, 0.1) is 0 Å². The quantitative estimate of drug-likeness (QED) is 0.519. The summed E-state index contributed by atoms with van der Waals surface area (Å²) >= 11 is 0. The lowest BCUT2D eigenvalue weighted by Crippen LogP contribution is -2.25. The summed E-state index contributed by atoms with van der Waals surface area (Å²) in [4.78, 5) is 0. The number of nitrogens with one attached hydrogen (secondary N) is 1. The average Bonchev–Trinajstić information content (AvgIpc) is 2.75.